The van der Waals surface area contributed by atoms with Gasteiger partial charge in [-0.25, -0.2) is 0 Å². The van der Waals surface area contributed by atoms with Crippen LogP contribution in [0, 0.1) is 0 Å². The van der Waals surface area contributed by atoms with E-state index >= 15 is 0 Å². The number of nitrogens with one attached hydrogen (secondary N) is 1. The number of para-hydroxylation sites is 1. The van der Waals surface area contributed by atoms with Crippen molar-refractivity contribution in [2.75, 3.05) is 47.1 Å². The van der Waals surface area contributed by atoms with E-state index in [1.54, 1.807) is 14.2 Å². The van der Waals surface area contributed by atoms with E-state index in [1.807, 2.05) is 28.9 Å². The van der Waals surface area contributed by atoms with E-state index in [-0.39, 0.29) is 6.10 Å². The van der Waals surface area contributed by atoms with E-state index < -0.39 is 0 Å². The van der Waals surface area contributed by atoms with Crippen molar-refractivity contribution in [1.29, 1.82) is 0 Å². The van der Waals surface area contributed by atoms with Gasteiger partial charge >= 0.3 is 0 Å². The van der Waals surface area contributed by atoms with Gasteiger partial charge in [0.15, 0.2) is 0 Å². The Hall–Kier alpha value is -3.43. The van der Waals surface area contributed by atoms with E-state index in [0.29, 0.717) is 32.3 Å². The van der Waals surface area contributed by atoms with Crippen LogP contribution in [0.1, 0.15) is 41.9 Å². The Labute approximate surface area is 248 Å². The molecule has 0 amide bonds. The van der Waals surface area contributed by atoms with Crippen molar-refractivity contribution >= 4 is 10.9 Å². The number of hydrogen-bond donors (Lipinski definition) is 1. The van der Waals surface area contributed by atoms with Crippen LogP contribution in [0.4, 0.5) is 0 Å². The molecule has 4 aromatic rings. The first-order valence-electron chi connectivity index (χ1n) is 14.9. The van der Waals surface area contributed by atoms with Gasteiger partial charge in [0, 0.05) is 56.3 Å². The van der Waals surface area contributed by atoms with Crippen molar-refractivity contribution in [3.05, 3.63) is 89.6 Å². The van der Waals surface area contributed by atoms with Crippen molar-refractivity contribution in [3.63, 3.8) is 0 Å². The van der Waals surface area contributed by atoms with E-state index in [0.717, 1.165) is 79.0 Å². The highest BCUT2D eigenvalue weighted by atomic mass is 16.5. The average Bonchev–Trinajstić information content (AvgIpc) is 3.44. The summed E-state index contributed by atoms with van der Waals surface area (Å²) in [5.74, 6) is 2.08. The molecule has 8 nitrogen and oxygen atoms in total. The highest BCUT2D eigenvalue weighted by Gasteiger charge is 2.27. The molecule has 1 saturated heterocycles. The molecular formula is C34H43N3O5. The van der Waals surface area contributed by atoms with Gasteiger partial charge in [-0.05, 0) is 54.8 Å². The number of nitrogens with zero attached hydrogens (tertiary/aromatic N) is 2. The minimum absolute atomic E-state index is 0.105. The van der Waals surface area contributed by atoms with Crippen molar-refractivity contribution in [3.8, 4) is 11.5 Å². The quantitative estimate of drug-likeness (QED) is 0.172. The predicted octanol–water partition coefficient (Wildman–Crippen LogP) is 5.73. The van der Waals surface area contributed by atoms with Gasteiger partial charge in [0.2, 0.25) is 0 Å². The molecule has 1 aliphatic heterocycles. The molecule has 1 aliphatic rings. The topological polar surface area (TPSA) is 76.0 Å². The van der Waals surface area contributed by atoms with Gasteiger partial charge in [-0.1, -0.05) is 42.5 Å². The number of aryl methyl sites for hydroxylation is 1. The summed E-state index contributed by atoms with van der Waals surface area (Å²) in [5, 5.41) is 9.39. The molecule has 5 rings (SSSR count). The Kier molecular flexibility index (Phi) is 11.2. The molecule has 0 bridgehead atoms. The fourth-order valence-electron chi connectivity index (χ4n) is 5.44. The SMILES string of the molecule is COCCCn1cc2ccc(CO[C@H]3CNCC[C@@H]3c3ccc(OCCCOCc4ccccc4OC)cc3)cc2n1. The van der Waals surface area contributed by atoms with E-state index in [1.165, 1.54) is 5.56 Å². The number of rotatable bonds is 16. The average molecular weight is 574 g/mol. The normalized spacial score (nSPS) is 17.0. The van der Waals surface area contributed by atoms with Crippen molar-refractivity contribution in [2.45, 2.75) is 51.0 Å². The van der Waals surface area contributed by atoms with Gasteiger partial charge in [-0.3, -0.25) is 4.68 Å². The van der Waals surface area contributed by atoms with Crippen LogP contribution in [0.3, 0.4) is 0 Å². The predicted molar refractivity (Wildman–Crippen MR) is 164 cm³/mol. The lowest BCUT2D eigenvalue weighted by molar-refractivity contribution is 0.0106. The highest BCUT2D eigenvalue weighted by Crippen LogP contribution is 2.30. The van der Waals surface area contributed by atoms with Crippen LogP contribution in [-0.4, -0.2) is 63.0 Å². The molecule has 2 heterocycles. The largest absolute Gasteiger partial charge is 0.496 e. The Balaban J connectivity index is 1.07. The number of fused-ring (bicyclic) bond motifs is 1. The summed E-state index contributed by atoms with van der Waals surface area (Å²) >= 11 is 0. The van der Waals surface area contributed by atoms with Gasteiger partial charge in [0.25, 0.3) is 0 Å². The standard InChI is InChI=1S/C34H43N3O5/c1-38-18-5-17-37-23-28-10-9-26(21-32(28)36-37)24-42-34-22-35-16-15-31(34)27-11-13-30(14-12-27)41-20-6-19-40-25-29-7-3-4-8-33(29)39-2/h3-4,7-14,21,23,31,34-35H,5-6,15-20,22,24-25H2,1-2H3/t31-,34+/m1/s1. The monoisotopic (exact) mass is 573 g/mol. The lowest BCUT2D eigenvalue weighted by Gasteiger charge is -2.32. The molecule has 0 saturated carbocycles. The fraction of sp³-hybridized carbons (Fsp3) is 0.441. The summed E-state index contributed by atoms with van der Waals surface area (Å²) in [6.45, 7) is 5.77. The molecule has 0 unspecified atom stereocenters. The minimum Gasteiger partial charge on any atom is -0.496 e. The van der Waals surface area contributed by atoms with Gasteiger partial charge in [0.05, 0.1) is 45.2 Å². The molecule has 42 heavy (non-hydrogen) atoms. The molecule has 2 atom stereocenters. The first-order valence-corrected chi connectivity index (χ1v) is 14.9. The molecule has 0 radical (unpaired) electrons. The second-order valence-electron chi connectivity index (χ2n) is 10.7. The number of aromatic nitrogens is 2. The van der Waals surface area contributed by atoms with E-state index in [4.69, 9.17) is 28.8 Å². The summed E-state index contributed by atoms with van der Waals surface area (Å²) < 4.78 is 30.8. The number of benzene rings is 3. The van der Waals surface area contributed by atoms with Crippen LogP contribution in [0.25, 0.3) is 10.9 Å². The van der Waals surface area contributed by atoms with Crippen LogP contribution < -0.4 is 14.8 Å². The van der Waals surface area contributed by atoms with Crippen molar-refractivity contribution < 1.29 is 23.7 Å². The van der Waals surface area contributed by atoms with Crippen LogP contribution in [0.5, 0.6) is 11.5 Å². The maximum absolute atomic E-state index is 6.48. The molecule has 1 aromatic heterocycles. The zero-order chi connectivity index (χ0) is 29.0. The third-order valence-corrected chi connectivity index (χ3v) is 7.71. The molecular weight excluding hydrogens is 530 g/mol. The molecule has 8 heteroatoms. The zero-order valence-electron chi connectivity index (χ0n) is 24.8. The number of ether oxygens (including phenoxy) is 5. The Morgan fingerprint density at radius 3 is 2.67 bits per heavy atom. The molecule has 224 valence electrons. The van der Waals surface area contributed by atoms with Gasteiger partial charge in [-0.15, -0.1) is 0 Å². The smallest absolute Gasteiger partial charge is 0.124 e. The summed E-state index contributed by atoms with van der Waals surface area (Å²) in [4.78, 5) is 0. The number of piperidine rings is 1. The molecule has 0 aliphatic carbocycles. The maximum Gasteiger partial charge on any atom is 0.124 e. The third kappa shape index (κ3) is 8.32. The lowest BCUT2D eigenvalue weighted by atomic mass is 9.87. The highest BCUT2D eigenvalue weighted by molar-refractivity contribution is 5.78. The second-order valence-corrected chi connectivity index (χ2v) is 10.7. The van der Waals surface area contributed by atoms with E-state index in [2.05, 4.69) is 54.0 Å². The first kappa shape index (κ1) is 30.0. The molecule has 1 fully saturated rings. The number of methoxy groups -OCH3 is 2. The second kappa shape index (κ2) is 15.7. The summed E-state index contributed by atoms with van der Waals surface area (Å²) in [6.07, 6.45) is 5.01. The lowest BCUT2D eigenvalue weighted by Crippen LogP contribution is -2.40. The van der Waals surface area contributed by atoms with Crippen molar-refractivity contribution in [1.82, 2.24) is 15.1 Å². The Bertz CT molecular complexity index is 1370. The Morgan fingerprint density at radius 2 is 1.81 bits per heavy atom. The van der Waals surface area contributed by atoms with Crippen LogP contribution in [-0.2, 0) is 34.0 Å². The van der Waals surface area contributed by atoms with Gasteiger partial charge in [-0.2, -0.15) is 5.10 Å². The van der Waals surface area contributed by atoms with Gasteiger partial charge < -0.3 is 29.0 Å². The summed E-state index contributed by atoms with van der Waals surface area (Å²) in [7, 11) is 3.41. The first-order chi connectivity index (χ1) is 20.7. The summed E-state index contributed by atoms with van der Waals surface area (Å²) in [5.41, 5.74) is 4.49. The Morgan fingerprint density at radius 1 is 0.929 bits per heavy atom. The molecule has 3 aromatic carbocycles. The van der Waals surface area contributed by atoms with Crippen LogP contribution in [0.15, 0.2) is 72.9 Å². The van der Waals surface area contributed by atoms with Crippen LogP contribution in [0.2, 0.25) is 0 Å². The summed E-state index contributed by atoms with van der Waals surface area (Å²) in [6, 6.07) is 22.9. The maximum atomic E-state index is 6.48. The molecule has 0 spiro atoms. The zero-order valence-corrected chi connectivity index (χ0v) is 24.8. The fourth-order valence-corrected chi connectivity index (χ4v) is 5.44. The van der Waals surface area contributed by atoms with Crippen molar-refractivity contribution in [2.24, 2.45) is 0 Å². The molecule has 1 N–H and O–H groups in total. The number of hydrogen-bond acceptors (Lipinski definition) is 7. The van der Waals surface area contributed by atoms with Gasteiger partial charge in [0.1, 0.15) is 11.5 Å². The van der Waals surface area contributed by atoms with E-state index in [9.17, 15) is 0 Å². The third-order valence-electron chi connectivity index (χ3n) is 7.71. The minimum atomic E-state index is 0.105. The van der Waals surface area contributed by atoms with Crippen LogP contribution >= 0.6 is 0 Å².